The third-order valence-electron chi connectivity index (χ3n) is 3.48. The van der Waals surface area contributed by atoms with E-state index in [9.17, 15) is 4.79 Å². The number of thiocarbonyl (C=S) groups is 1. The number of hydrogen-bond acceptors (Lipinski definition) is 4. The Labute approximate surface area is 163 Å². The van der Waals surface area contributed by atoms with E-state index in [1.807, 2.05) is 24.3 Å². The van der Waals surface area contributed by atoms with Gasteiger partial charge >= 0.3 is 0 Å². The molecule has 0 aliphatic heterocycles. The van der Waals surface area contributed by atoms with E-state index in [-0.39, 0.29) is 10.9 Å². The molecular weight excluding hydrogens is 414 g/mol. The molecule has 26 heavy (non-hydrogen) atoms. The van der Waals surface area contributed by atoms with Crippen molar-refractivity contribution in [1.29, 1.82) is 5.26 Å². The van der Waals surface area contributed by atoms with E-state index in [1.54, 1.807) is 36.4 Å². The minimum absolute atomic E-state index is 0.0827. The number of anilines is 1. The molecule has 128 valence electrons. The number of rotatable bonds is 3. The van der Waals surface area contributed by atoms with Crippen molar-refractivity contribution in [2.24, 2.45) is 0 Å². The molecule has 2 N–H and O–H groups in total. The van der Waals surface area contributed by atoms with Gasteiger partial charge in [-0.15, -0.1) is 0 Å². The molecule has 0 saturated carbocycles. The van der Waals surface area contributed by atoms with Crippen molar-refractivity contribution in [1.82, 2.24) is 5.32 Å². The number of amides is 1. The fraction of sp³-hybridized carbons (Fsp3) is 0. The van der Waals surface area contributed by atoms with Crippen LogP contribution in [0.4, 0.5) is 5.69 Å². The fourth-order valence-corrected chi connectivity index (χ4v) is 2.70. The van der Waals surface area contributed by atoms with Crippen LogP contribution in [-0.2, 0) is 0 Å². The Bertz CT molecular complexity index is 1010. The van der Waals surface area contributed by atoms with Gasteiger partial charge in [0.1, 0.15) is 11.8 Å². The van der Waals surface area contributed by atoms with Gasteiger partial charge in [-0.25, -0.2) is 0 Å². The summed E-state index contributed by atoms with van der Waals surface area (Å²) in [6.45, 7) is 0. The second-order valence-electron chi connectivity index (χ2n) is 5.24. The lowest BCUT2D eigenvalue weighted by molar-refractivity contribution is 0.0951. The zero-order valence-electron chi connectivity index (χ0n) is 13.3. The molecule has 7 heteroatoms. The van der Waals surface area contributed by atoms with Gasteiger partial charge in [-0.05, 0) is 48.6 Å². The molecule has 0 aliphatic rings. The standard InChI is InChI=1S/C19H12BrN3O2S/c20-14-7-5-12(6-8-14)16-9-10-17(25-16)18(24)23-19(26)22-15-4-2-1-3-13(15)11-21/h1-10H,(H2,22,23,24,26). The quantitative estimate of drug-likeness (QED) is 0.594. The maximum absolute atomic E-state index is 12.3. The summed E-state index contributed by atoms with van der Waals surface area (Å²) in [4.78, 5) is 12.3. The van der Waals surface area contributed by atoms with E-state index in [2.05, 4.69) is 32.6 Å². The lowest BCUT2D eigenvalue weighted by atomic mass is 10.2. The van der Waals surface area contributed by atoms with Crippen LogP contribution in [0.25, 0.3) is 11.3 Å². The normalized spacial score (nSPS) is 10.0. The van der Waals surface area contributed by atoms with Crippen molar-refractivity contribution in [3.63, 3.8) is 0 Å². The first-order chi connectivity index (χ1) is 12.6. The molecular formula is C19H12BrN3O2S. The molecule has 0 saturated heterocycles. The minimum Gasteiger partial charge on any atom is -0.451 e. The number of nitrogens with one attached hydrogen (secondary N) is 2. The Morgan fingerprint density at radius 3 is 2.54 bits per heavy atom. The van der Waals surface area contributed by atoms with Gasteiger partial charge in [0, 0.05) is 10.0 Å². The smallest absolute Gasteiger partial charge is 0.293 e. The second-order valence-corrected chi connectivity index (χ2v) is 6.56. The average molecular weight is 426 g/mol. The predicted octanol–water partition coefficient (Wildman–Crippen LogP) is 4.71. The van der Waals surface area contributed by atoms with E-state index in [0.717, 1.165) is 10.0 Å². The van der Waals surface area contributed by atoms with Gasteiger partial charge in [0.2, 0.25) is 0 Å². The van der Waals surface area contributed by atoms with Crippen LogP contribution in [0.3, 0.4) is 0 Å². The molecule has 0 unspecified atom stereocenters. The first-order valence-electron chi connectivity index (χ1n) is 7.54. The zero-order chi connectivity index (χ0) is 18.5. The molecule has 0 radical (unpaired) electrons. The SMILES string of the molecule is N#Cc1ccccc1NC(=S)NC(=O)c1ccc(-c2ccc(Br)cc2)o1. The average Bonchev–Trinajstić information content (AvgIpc) is 3.13. The Morgan fingerprint density at radius 1 is 1.08 bits per heavy atom. The molecule has 0 fully saturated rings. The number of furan rings is 1. The number of nitriles is 1. The van der Waals surface area contributed by atoms with Gasteiger partial charge in [0.15, 0.2) is 10.9 Å². The number of benzene rings is 2. The highest BCUT2D eigenvalue weighted by Crippen LogP contribution is 2.24. The number of para-hydroxylation sites is 1. The molecule has 5 nitrogen and oxygen atoms in total. The molecule has 1 aromatic heterocycles. The van der Waals surface area contributed by atoms with Crippen LogP contribution in [0.15, 0.2) is 69.6 Å². The third-order valence-corrected chi connectivity index (χ3v) is 4.21. The second kappa shape index (κ2) is 7.95. The molecule has 3 rings (SSSR count). The topological polar surface area (TPSA) is 78.1 Å². The largest absolute Gasteiger partial charge is 0.451 e. The number of carbonyl (C=O) groups excluding carboxylic acids is 1. The number of carbonyl (C=O) groups is 1. The van der Waals surface area contributed by atoms with E-state index < -0.39 is 5.91 Å². The molecule has 2 aromatic carbocycles. The summed E-state index contributed by atoms with van der Waals surface area (Å²) in [5.41, 5.74) is 1.81. The van der Waals surface area contributed by atoms with Crippen LogP contribution in [0.5, 0.6) is 0 Å². The summed E-state index contributed by atoms with van der Waals surface area (Å²) in [5, 5.41) is 14.5. The van der Waals surface area contributed by atoms with Crippen LogP contribution in [0.2, 0.25) is 0 Å². The molecule has 1 heterocycles. The summed E-state index contributed by atoms with van der Waals surface area (Å²) in [6.07, 6.45) is 0. The van der Waals surface area contributed by atoms with E-state index >= 15 is 0 Å². The summed E-state index contributed by atoms with van der Waals surface area (Å²) in [6, 6.07) is 19.8. The van der Waals surface area contributed by atoms with Crippen LogP contribution in [0.1, 0.15) is 16.1 Å². The van der Waals surface area contributed by atoms with Gasteiger partial charge in [0.25, 0.3) is 5.91 Å². The summed E-state index contributed by atoms with van der Waals surface area (Å²) in [7, 11) is 0. The highest BCUT2D eigenvalue weighted by Gasteiger charge is 2.14. The zero-order valence-corrected chi connectivity index (χ0v) is 15.7. The van der Waals surface area contributed by atoms with Crippen molar-refractivity contribution in [3.8, 4) is 17.4 Å². The van der Waals surface area contributed by atoms with Gasteiger partial charge in [-0.2, -0.15) is 5.26 Å². The van der Waals surface area contributed by atoms with Crippen molar-refractivity contribution < 1.29 is 9.21 Å². The predicted molar refractivity (Wildman–Crippen MR) is 107 cm³/mol. The fourth-order valence-electron chi connectivity index (χ4n) is 2.24. The molecule has 0 spiro atoms. The van der Waals surface area contributed by atoms with Crippen LogP contribution >= 0.6 is 28.1 Å². The maximum atomic E-state index is 12.3. The summed E-state index contributed by atoms with van der Waals surface area (Å²) >= 11 is 8.51. The highest BCUT2D eigenvalue weighted by molar-refractivity contribution is 9.10. The van der Waals surface area contributed by atoms with Gasteiger partial charge in [-0.1, -0.05) is 40.2 Å². The van der Waals surface area contributed by atoms with Gasteiger partial charge in [0.05, 0.1) is 11.3 Å². The molecule has 0 atom stereocenters. The van der Waals surface area contributed by atoms with Crippen molar-refractivity contribution >= 4 is 44.9 Å². The minimum atomic E-state index is -0.472. The van der Waals surface area contributed by atoms with Crippen molar-refractivity contribution in [2.45, 2.75) is 0 Å². The Hall–Kier alpha value is -2.95. The van der Waals surface area contributed by atoms with Crippen LogP contribution < -0.4 is 10.6 Å². The summed E-state index contributed by atoms with van der Waals surface area (Å²) < 4.78 is 6.56. The van der Waals surface area contributed by atoms with Gasteiger partial charge < -0.3 is 9.73 Å². The Balaban J connectivity index is 1.67. The molecule has 3 aromatic rings. The van der Waals surface area contributed by atoms with Crippen LogP contribution in [0, 0.1) is 11.3 Å². The van der Waals surface area contributed by atoms with Crippen LogP contribution in [-0.4, -0.2) is 11.0 Å². The number of nitrogens with zero attached hydrogens (tertiary/aromatic N) is 1. The highest BCUT2D eigenvalue weighted by atomic mass is 79.9. The molecule has 0 bridgehead atoms. The molecule has 0 aliphatic carbocycles. The monoisotopic (exact) mass is 425 g/mol. The van der Waals surface area contributed by atoms with Gasteiger partial charge in [-0.3, -0.25) is 10.1 Å². The Morgan fingerprint density at radius 2 is 1.81 bits per heavy atom. The van der Waals surface area contributed by atoms with E-state index in [4.69, 9.17) is 21.9 Å². The van der Waals surface area contributed by atoms with E-state index in [1.165, 1.54) is 0 Å². The van der Waals surface area contributed by atoms with Crippen molar-refractivity contribution in [3.05, 3.63) is 76.5 Å². The number of hydrogen-bond donors (Lipinski definition) is 2. The first-order valence-corrected chi connectivity index (χ1v) is 8.74. The first kappa shape index (κ1) is 17.9. The Kier molecular flexibility index (Phi) is 5.46. The molecule has 1 amide bonds. The lowest BCUT2D eigenvalue weighted by Crippen LogP contribution is -2.34. The number of halogens is 1. The lowest BCUT2D eigenvalue weighted by Gasteiger charge is -2.09. The van der Waals surface area contributed by atoms with Crippen molar-refractivity contribution in [2.75, 3.05) is 5.32 Å². The summed E-state index contributed by atoms with van der Waals surface area (Å²) in [5.74, 6) is 0.247. The van der Waals surface area contributed by atoms with E-state index in [0.29, 0.717) is 17.0 Å². The maximum Gasteiger partial charge on any atom is 0.293 e. The third kappa shape index (κ3) is 4.17.